The monoisotopic (exact) mass is 206 g/mol. The maximum atomic E-state index is 5.48. The first-order valence-corrected chi connectivity index (χ1v) is 5.76. The highest BCUT2D eigenvalue weighted by Crippen LogP contribution is 2.25. The van der Waals surface area contributed by atoms with Crippen LogP contribution in [0.3, 0.4) is 0 Å². The van der Waals surface area contributed by atoms with E-state index in [0.29, 0.717) is 0 Å². The molecule has 1 aliphatic heterocycles. The van der Waals surface area contributed by atoms with Gasteiger partial charge in [-0.2, -0.15) is 0 Å². The predicted molar refractivity (Wildman–Crippen MR) is 61.5 cm³/mol. The summed E-state index contributed by atoms with van der Waals surface area (Å²) in [5.41, 5.74) is 1.17. The van der Waals surface area contributed by atoms with Gasteiger partial charge in [-0.25, -0.2) is 4.98 Å². The molecule has 0 aliphatic carbocycles. The number of aryl methyl sites for hydroxylation is 1. The maximum absolute atomic E-state index is 5.48. The molecule has 3 heteroatoms. The molecule has 0 spiro atoms. The van der Waals surface area contributed by atoms with Crippen LogP contribution in [0.5, 0.6) is 5.75 Å². The lowest BCUT2D eigenvalue weighted by Gasteiger charge is -2.18. The van der Waals surface area contributed by atoms with Gasteiger partial charge in [0.15, 0.2) is 11.6 Å². The minimum atomic E-state index is 0.740. The number of unbranched alkanes of at least 4 members (excludes halogenated alkanes) is 2. The molecule has 1 N–H and O–H groups in total. The molecule has 82 valence electrons. The third-order valence-corrected chi connectivity index (χ3v) is 2.60. The summed E-state index contributed by atoms with van der Waals surface area (Å²) >= 11 is 0. The Morgan fingerprint density at radius 3 is 3.20 bits per heavy atom. The summed E-state index contributed by atoms with van der Waals surface area (Å²) in [6.45, 7) is 3.82. The Bertz CT molecular complexity index is 325. The van der Waals surface area contributed by atoms with E-state index in [2.05, 4.69) is 23.3 Å². The molecular weight excluding hydrogens is 188 g/mol. The summed E-state index contributed by atoms with van der Waals surface area (Å²) in [5.74, 6) is 1.80. The van der Waals surface area contributed by atoms with Crippen molar-refractivity contribution in [2.24, 2.45) is 0 Å². The summed E-state index contributed by atoms with van der Waals surface area (Å²) in [6, 6.07) is 4.09. The second-order valence-corrected chi connectivity index (χ2v) is 3.88. The number of aromatic nitrogens is 1. The molecule has 0 unspecified atom stereocenters. The highest BCUT2D eigenvalue weighted by molar-refractivity contribution is 5.51. The number of nitrogens with zero attached hydrogens (tertiary/aromatic N) is 1. The lowest BCUT2D eigenvalue weighted by Crippen LogP contribution is -2.19. The van der Waals surface area contributed by atoms with Crippen LogP contribution in [0.25, 0.3) is 0 Å². The minimum Gasteiger partial charge on any atom is -0.488 e. The molecular formula is C12H18N2O. The van der Waals surface area contributed by atoms with Crippen LogP contribution in [0.15, 0.2) is 12.1 Å². The van der Waals surface area contributed by atoms with Crippen LogP contribution in [0.2, 0.25) is 0 Å². The number of pyridine rings is 1. The van der Waals surface area contributed by atoms with Gasteiger partial charge in [0.1, 0.15) is 6.61 Å². The van der Waals surface area contributed by atoms with Crippen molar-refractivity contribution in [3.05, 3.63) is 17.8 Å². The number of anilines is 1. The van der Waals surface area contributed by atoms with Gasteiger partial charge in [-0.15, -0.1) is 0 Å². The van der Waals surface area contributed by atoms with Crippen molar-refractivity contribution in [2.75, 3.05) is 18.5 Å². The molecule has 1 aliphatic rings. The summed E-state index contributed by atoms with van der Waals surface area (Å²) in [5, 5.41) is 3.26. The van der Waals surface area contributed by atoms with E-state index in [9.17, 15) is 0 Å². The van der Waals surface area contributed by atoms with Crippen molar-refractivity contribution in [1.29, 1.82) is 0 Å². The van der Waals surface area contributed by atoms with Crippen molar-refractivity contribution in [1.82, 2.24) is 4.98 Å². The number of nitrogens with one attached hydrogen (secondary N) is 1. The summed E-state index contributed by atoms with van der Waals surface area (Å²) in [7, 11) is 0. The Hall–Kier alpha value is -1.25. The van der Waals surface area contributed by atoms with Crippen LogP contribution in [0.4, 0.5) is 5.82 Å². The van der Waals surface area contributed by atoms with Crippen LogP contribution < -0.4 is 10.1 Å². The van der Waals surface area contributed by atoms with Gasteiger partial charge in [0.2, 0.25) is 0 Å². The van der Waals surface area contributed by atoms with E-state index >= 15 is 0 Å². The molecule has 0 aromatic carbocycles. The van der Waals surface area contributed by atoms with E-state index in [1.165, 1.54) is 25.0 Å². The molecule has 0 bridgehead atoms. The van der Waals surface area contributed by atoms with Gasteiger partial charge in [-0.3, -0.25) is 0 Å². The van der Waals surface area contributed by atoms with Gasteiger partial charge >= 0.3 is 0 Å². The van der Waals surface area contributed by atoms with Crippen LogP contribution in [-0.2, 0) is 6.42 Å². The van der Waals surface area contributed by atoms with E-state index in [4.69, 9.17) is 4.74 Å². The third kappa shape index (κ3) is 2.61. The number of hydrogen-bond donors (Lipinski definition) is 1. The maximum Gasteiger partial charge on any atom is 0.169 e. The van der Waals surface area contributed by atoms with E-state index in [1.807, 2.05) is 6.07 Å². The van der Waals surface area contributed by atoms with Crippen molar-refractivity contribution >= 4 is 5.82 Å². The molecule has 0 amide bonds. The zero-order valence-corrected chi connectivity index (χ0v) is 9.25. The molecule has 0 saturated heterocycles. The number of rotatable bonds is 4. The number of fused-ring (bicyclic) bond motifs is 1. The number of hydrogen-bond acceptors (Lipinski definition) is 3. The second kappa shape index (κ2) is 5.01. The average molecular weight is 206 g/mol. The van der Waals surface area contributed by atoms with Crippen molar-refractivity contribution in [2.45, 2.75) is 32.6 Å². The lowest BCUT2D eigenvalue weighted by atomic mass is 10.1. The highest BCUT2D eigenvalue weighted by Gasteiger charge is 2.10. The van der Waals surface area contributed by atoms with Crippen LogP contribution in [0, 0.1) is 0 Å². The van der Waals surface area contributed by atoms with Gasteiger partial charge in [0.05, 0.1) is 6.54 Å². The Morgan fingerprint density at radius 1 is 1.40 bits per heavy atom. The molecule has 2 rings (SSSR count). The van der Waals surface area contributed by atoms with E-state index < -0.39 is 0 Å². The average Bonchev–Trinajstić information content (AvgIpc) is 2.29. The van der Waals surface area contributed by atoms with E-state index in [1.54, 1.807) is 0 Å². The normalized spacial score (nSPS) is 13.9. The van der Waals surface area contributed by atoms with Crippen LogP contribution >= 0.6 is 0 Å². The SMILES string of the molecule is CCCCCc1ccc2c(n1)NCCO2. The van der Waals surface area contributed by atoms with E-state index in [-0.39, 0.29) is 0 Å². The molecule has 0 saturated carbocycles. The molecule has 0 fully saturated rings. The molecule has 2 heterocycles. The zero-order valence-electron chi connectivity index (χ0n) is 9.25. The first kappa shape index (κ1) is 10.3. The first-order valence-electron chi connectivity index (χ1n) is 5.76. The largest absolute Gasteiger partial charge is 0.488 e. The quantitative estimate of drug-likeness (QED) is 0.769. The van der Waals surface area contributed by atoms with Crippen molar-refractivity contribution < 1.29 is 4.74 Å². The molecule has 0 radical (unpaired) electrons. The number of ether oxygens (including phenoxy) is 1. The third-order valence-electron chi connectivity index (χ3n) is 2.60. The highest BCUT2D eigenvalue weighted by atomic mass is 16.5. The van der Waals surface area contributed by atoms with Gasteiger partial charge in [0, 0.05) is 5.69 Å². The zero-order chi connectivity index (χ0) is 10.5. The predicted octanol–water partition coefficient (Wildman–Crippen LogP) is 2.62. The van der Waals surface area contributed by atoms with Gasteiger partial charge in [-0.1, -0.05) is 19.8 Å². The molecule has 1 aromatic heterocycles. The van der Waals surface area contributed by atoms with E-state index in [0.717, 1.165) is 31.1 Å². The Morgan fingerprint density at radius 2 is 2.33 bits per heavy atom. The van der Waals surface area contributed by atoms with Crippen LogP contribution in [0.1, 0.15) is 31.9 Å². The Balaban J connectivity index is 2.00. The first-order chi connectivity index (χ1) is 7.40. The summed E-state index contributed by atoms with van der Waals surface area (Å²) in [4.78, 5) is 4.55. The van der Waals surface area contributed by atoms with Gasteiger partial charge in [-0.05, 0) is 25.0 Å². The van der Waals surface area contributed by atoms with Gasteiger partial charge < -0.3 is 10.1 Å². The van der Waals surface area contributed by atoms with Crippen molar-refractivity contribution in [3.8, 4) is 5.75 Å². The second-order valence-electron chi connectivity index (χ2n) is 3.88. The topological polar surface area (TPSA) is 34.2 Å². The summed E-state index contributed by atoms with van der Waals surface area (Å²) < 4.78 is 5.48. The lowest BCUT2D eigenvalue weighted by molar-refractivity contribution is 0.321. The smallest absolute Gasteiger partial charge is 0.169 e. The molecule has 1 aromatic rings. The fourth-order valence-electron chi connectivity index (χ4n) is 1.76. The molecule has 3 nitrogen and oxygen atoms in total. The van der Waals surface area contributed by atoms with Crippen LogP contribution in [-0.4, -0.2) is 18.1 Å². The Kier molecular flexibility index (Phi) is 3.43. The van der Waals surface area contributed by atoms with Gasteiger partial charge in [0.25, 0.3) is 0 Å². The summed E-state index contributed by atoms with van der Waals surface area (Å²) in [6.07, 6.45) is 4.83. The molecule has 0 atom stereocenters. The fourth-order valence-corrected chi connectivity index (χ4v) is 1.76. The minimum absolute atomic E-state index is 0.740. The standard InChI is InChI=1S/C12H18N2O/c1-2-3-4-5-10-6-7-11-12(14-10)13-8-9-15-11/h6-7H,2-5,8-9H2,1H3,(H,13,14). The van der Waals surface area contributed by atoms with Crippen molar-refractivity contribution in [3.63, 3.8) is 0 Å². The molecule has 15 heavy (non-hydrogen) atoms. The Labute approximate surface area is 90.9 Å². The fraction of sp³-hybridized carbons (Fsp3) is 0.583.